The van der Waals surface area contributed by atoms with Gasteiger partial charge in [0.2, 0.25) is 0 Å². The number of nitro benzene ring substituents is 1. The topological polar surface area (TPSA) is 89.7 Å². The van der Waals surface area contributed by atoms with E-state index in [9.17, 15) is 14.9 Å². The first-order chi connectivity index (χ1) is 9.36. The molecule has 1 N–H and O–H groups in total. The largest absolute Gasteiger partial charge is 0.491 e. The van der Waals surface area contributed by atoms with Crippen molar-refractivity contribution < 1.29 is 19.6 Å². The van der Waals surface area contributed by atoms with Gasteiger partial charge >= 0.3 is 5.97 Å². The summed E-state index contributed by atoms with van der Waals surface area (Å²) in [6.07, 6.45) is 1.93. The molecule has 7 heteroatoms. The number of rotatable bonds is 7. The van der Waals surface area contributed by atoms with Crippen LogP contribution in [-0.4, -0.2) is 22.6 Å². The van der Waals surface area contributed by atoms with Gasteiger partial charge in [0.05, 0.1) is 16.6 Å². The van der Waals surface area contributed by atoms with E-state index in [1.807, 2.05) is 13.8 Å². The van der Waals surface area contributed by atoms with E-state index in [0.29, 0.717) is 6.61 Å². The van der Waals surface area contributed by atoms with E-state index in [0.717, 1.165) is 25.0 Å². The molecule has 110 valence electrons. The Hall–Kier alpha value is -1.82. The van der Waals surface area contributed by atoms with Crippen LogP contribution in [0.1, 0.15) is 37.0 Å². The number of nitrogens with zero attached hydrogens (tertiary/aromatic N) is 1. The predicted molar refractivity (Wildman–Crippen MR) is 74.6 cm³/mol. The number of hydrogen-bond acceptors (Lipinski definition) is 4. The van der Waals surface area contributed by atoms with Crippen molar-refractivity contribution in [2.75, 3.05) is 6.61 Å². The Balaban J connectivity index is 3.05. The Morgan fingerprint density at radius 3 is 2.70 bits per heavy atom. The van der Waals surface area contributed by atoms with Gasteiger partial charge in [-0.3, -0.25) is 10.1 Å². The number of hydrogen-bond donors (Lipinski definition) is 1. The molecule has 0 amide bonds. The summed E-state index contributed by atoms with van der Waals surface area (Å²) in [5.74, 6) is -1.09. The zero-order valence-corrected chi connectivity index (χ0v) is 12.0. The molecule has 0 fully saturated rings. The Kier molecular flexibility index (Phi) is 5.76. The SMILES string of the molecule is CCCC(C)COc1c(Cl)cc([N+](=O)[O-])cc1C(=O)O. The standard InChI is InChI=1S/C13H16ClNO5/c1-3-4-8(2)7-20-12-10(13(16)17)5-9(15(18)19)6-11(12)14/h5-6,8H,3-4,7H2,1-2H3,(H,16,17). The van der Waals surface area contributed by atoms with Gasteiger partial charge in [-0.25, -0.2) is 4.79 Å². The fourth-order valence-corrected chi connectivity index (χ4v) is 2.06. The first-order valence-electron chi connectivity index (χ1n) is 6.20. The predicted octanol–water partition coefficient (Wildman–Crippen LogP) is 3.76. The molecule has 0 saturated heterocycles. The number of carbonyl (C=O) groups is 1. The third-order valence-corrected chi connectivity index (χ3v) is 3.04. The van der Waals surface area contributed by atoms with Crippen molar-refractivity contribution in [3.05, 3.63) is 32.8 Å². The summed E-state index contributed by atoms with van der Waals surface area (Å²) in [7, 11) is 0. The highest BCUT2D eigenvalue weighted by Gasteiger charge is 2.21. The number of non-ortho nitro benzene ring substituents is 1. The number of ether oxygens (including phenoxy) is 1. The first-order valence-corrected chi connectivity index (χ1v) is 6.58. The third kappa shape index (κ3) is 4.09. The summed E-state index contributed by atoms with van der Waals surface area (Å²) in [5, 5.41) is 19.7. The minimum atomic E-state index is -1.31. The van der Waals surface area contributed by atoms with Crippen LogP contribution in [0.25, 0.3) is 0 Å². The van der Waals surface area contributed by atoms with Crippen LogP contribution in [0.15, 0.2) is 12.1 Å². The maximum Gasteiger partial charge on any atom is 0.339 e. The normalized spacial score (nSPS) is 11.9. The van der Waals surface area contributed by atoms with Crippen molar-refractivity contribution in [1.29, 1.82) is 0 Å². The second-order valence-electron chi connectivity index (χ2n) is 4.57. The minimum Gasteiger partial charge on any atom is -0.491 e. The molecule has 0 aliphatic rings. The van der Waals surface area contributed by atoms with Crippen LogP contribution in [0.4, 0.5) is 5.69 Å². The number of halogens is 1. The van der Waals surface area contributed by atoms with Crippen molar-refractivity contribution >= 4 is 23.3 Å². The summed E-state index contributed by atoms with van der Waals surface area (Å²) in [4.78, 5) is 21.2. The second kappa shape index (κ2) is 7.09. The third-order valence-electron chi connectivity index (χ3n) is 2.76. The monoisotopic (exact) mass is 301 g/mol. The van der Waals surface area contributed by atoms with Gasteiger partial charge in [0.25, 0.3) is 5.69 Å². The molecule has 0 aromatic heterocycles. The molecular formula is C13H16ClNO5. The fraction of sp³-hybridized carbons (Fsp3) is 0.462. The summed E-state index contributed by atoms with van der Waals surface area (Å²) in [6, 6.07) is 2.04. The van der Waals surface area contributed by atoms with Crippen LogP contribution in [0, 0.1) is 16.0 Å². The summed E-state index contributed by atoms with van der Waals surface area (Å²) >= 11 is 5.89. The van der Waals surface area contributed by atoms with Crippen LogP contribution < -0.4 is 4.74 Å². The molecule has 1 unspecified atom stereocenters. The van der Waals surface area contributed by atoms with Crippen molar-refractivity contribution in [3.8, 4) is 5.75 Å². The van der Waals surface area contributed by atoms with Gasteiger partial charge in [-0.15, -0.1) is 0 Å². The zero-order valence-electron chi connectivity index (χ0n) is 11.3. The highest BCUT2D eigenvalue weighted by atomic mass is 35.5. The maximum atomic E-state index is 11.2. The molecule has 6 nitrogen and oxygen atoms in total. The molecular weight excluding hydrogens is 286 g/mol. The number of carboxylic acid groups (broad SMARTS) is 1. The highest BCUT2D eigenvalue weighted by molar-refractivity contribution is 6.32. The molecule has 0 bridgehead atoms. The van der Waals surface area contributed by atoms with Crippen LogP contribution in [0.5, 0.6) is 5.75 Å². The lowest BCUT2D eigenvalue weighted by Gasteiger charge is -2.14. The van der Waals surface area contributed by atoms with E-state index in [2.05, 4.69) is 0 Å². The fourth-order valence-electron chi connectivity index (χ4n) is 1.79. The second-order valence-corrected chi connectivity index (χ2v) is 4.98. The van der Waals surface area contributed by atoms with Gasteiger partial charge in [0.15, 0.2) is 5.75 Å². The van der Waals surface area contributed by atoms with Crippen molar-refractivity contribution in [1.82, 2.24) is 0 Å². The maximum absolute atomic E-state index is 11.2. The zero-order chi connectivity index (χ0) is 15.3. The van der Waals surface area contributed by atoms with Gasteiger partial charge < -0.3 is 9.84 Å². The van der Waals surface area contributed by atoms with E-state index in [1.165, 1.54) is 0 Å². The molecule has 0 saturated carbocycles. The van der Waals surface area contributed by atoms with Gasteiger partial charge in [0, 0.05) is 12.1 Å². The molecule has 20 heavy (non-hydrogen) atoms. The average Bonchev–Trinajstić information content (AvgIpc) is 2.36. The molecule has 0 aliphatic carbocycles. The number of benzene rings is 1. The Bertz CT molecular complexity index is 518. The van der Waals surface area contributed by atoms with Crippen molar-refractivity contribution in [3.63, 3.8) is 0 Å². The van der Waals surface area contributed by atoms with Crippen LogP contribution in [-0.2, 0) is 0 Å². The van der Waals surface area contributed by atoms with Crippen LogP contribution in [0.2, 0.25) is 5.02 Å². The number of aromatic carboxylic acids is 1. The van der Waals surface area contributed by atoms with Gasteiger partial charge in [-0.2, -0.15) is 0 Å². The van der Waals surface area contributed by atoms with E-state index >= 15 is 0 Å². The van der Waals surface area contributed by atoms with Crippen molar-refractivity contribution in [2.45, 2.75) is 26.7 Å². The number of nitro groups is 1. The quantitative estimate of drug-likeness (QED) is 0.611. The number of carboxylic acids is 1. The smallest absolute Gasteiger partial charge is 0.339 e. The highest BCUT2D eigenvalue weighted by Crippen LogP contribution is 2.34. The Morgan fingerprint density at radius 2 is 2.20 bits per heavy atom. The van der Waals surface area contributed by atoms with Gasteiger partial charge in [-0.05, 0) is 12.3 Å². The molecule has 0 radical (unpaired) electrons. The van der Waals surface area contributed by atoms with E-state index in [4.69, 9.17) is 21.4 Å². The summed E-state index contributed by atoms with van der Waals surface area (Å²) < 4.78 is 5.44. The molecule has 1 aromatic carbocycles. The van der Waals surface area contributed by atoms with Gasteiger partial charge in [-0.1, -0.05) is 31.9 Å². The van der Waals surface area contributed by atoms with Gasteiger partial charge in [0.1, 0.15) is 5.56 Å². The van der Waals surface area contributed by atoms with Crippen LogP contribution >= 0.6 is 11.6 Å². The summed E-state index contributed by atoms with van der Waals surface area (Å²) in [6.45, 7) is 4.33. The molecule has 0 aliphatic heterocycles. The van der Waals surface area contributed by atoms with E-state index in [-0.39, 0.29) is 27.9 Å². The lowest BCUT2D eigenvalue weighted by atomic mass is 10.1. The summed E-state index contributed by atoms with van der Waals surface area (Å²) in [5.41, 5.74) is -0.672. The van der Waals surface area contributed by atoms with E-state index < -0.39 is 10.9 Å². The van der Waals surface area contributed by atoms with Crippen molar-refractivity contribution in [2.24, 2.45) is 5.92 Å². The molecule has 0 heterocycles. The first kappa shape index (κ1) is 16.2. The molecule has 0 spiro atoms. The lowest BCUT2D eigenvalue weighted by Crippen LogP contribution is -2.11. The molecule has 1 atom stereocenters. The average molecular weight is 302 g/mol. The lowest BCUT2D eigenvalue weighted by molar-refractivity contribution is -0.384. The Labute approximate surface area is 121 Å². The minimum absolute atomic E-state index is 0.0206. The van der Waals surface area contributed by atoms with E-state index in [1.54, 1.807) is 0 Å². The van der Waals surface area contributed by atoms with Crippen LogP contribution in [0.3, 0.4) is 0 Å². The molecule has 1 aromatic rings. The molecule has 1 rings (SSSR count). The Morgan fingerprint density at radius 1 is 1.55 bits per heavy atom.